The monoisotopic (exact) mass is 354 g/mol. The summed E-state index contributed by atoms with van der Waals surface area (Å²) >= 11 is 9.55. The fourth-order valence-electron chi connectivity index (χ4n) is 1.70. The van der Waals surface area contributed by atoms with Crippen LogP contribution in [-0.2, 0) is 6.54 Å². The van der Waals surface area contributed by atoms with E-state index in [1.807, 2.05) is 30.3 Å². The predicted molar refractivity (Wildman–Crippen MR) is 85.5 cm³/mol. The number of aromatic nitrogens is 1. The largest absolute Gasteiger partial charge is 0.439 e. The first-order valence-electron chi connectivity index (χ1n) is 6.47. The molecule has 2 rings (SSSR count). The van der Waals surface area contributed by atoms with Crippen LogP contribution in [0.4, 0.5) is 0 Å². The maximum atomic E-state index is 6.14. The van der Waals surface area contributed by atoms with Gasteiger partial charge in [-0.3, -0.25) is 0 Å². The summed E-state index contributed by atoms with van der Waals surface area (Å²) in [6, 6.07) is 9.51. The normalized spacial score (nSPS) is 10.6. The molecule has 0 saturated heterocycles. The van der Waals surface area contributed by atoms with Gasteiger partial charge in [0.1, 0.15) is 5.75 Å². The maximum Gasteiger partial charge on any atom is 0.219 e. The first kappa shape index (κ1) is 15.3. The molecule has 20 heavy (non-hydrogen) atoms. The van der Waals surface area contributed by atoms with Crippen LogP contribution in [-0.4, -0.2) is 11.5 Å². The molecule has 0 aliphatic carbocycles. The highest BCUT2D eigenvalue weighted by molar-refractivity contribution is 9.10. The number of ether oxygens (including phenoxy) is 1. The van der Waals surface area contributed by atoms with Gasteiger partial charge in [-0.1, -0.05) is 40.5 Å². The van der Waals surface area contributed by atoms with Crippen molar-refractivity contribution in [3.8, 4) is 11.6 Å². The van der Waals surface area contributed by atoms with Gasteiger partial charge in [-0.15, -0.1) is 0 Å². The lowest BCUT2D eigenvalue weighted by atomic mass is 10.2. The van der Waals surface area contributed by atoms with Gasteiger partial charge in [0.25, 0.3) is 0 Å². The van der Waals surface area contributed by atoms with E-state index in [4.69, 9.17) is 16.3 Å². The Bertz CT molecular complexity index is 578. The van der Waals surface area contributed by atoms with E-state index >= 15 is 0 Å². The summed E-state index contributed by atoms with van der Waals surface area (Å²) in [5.74, 6) is 1.28. The molecule has 1 N–H and O–H groups in total. The summed E-state index contributed by atoms with van der Waals surface area (Å²) in [5, 5.41) is 3.97. The number of halogens is 2. The fourth-order valence-corrected chi connectivity index (χ4v) is 2.25. The number of benzene rings is 1. The van der Waals surface area contributed by atoms with Crippen molar-refractivity contribution in [3.05, 3.63) is 51.6 Å². The lowest BCUT2D eigenvalue weighted by molar-refractivity contribution is 0.461. The van der Waals surface area contributed by atoms with Gasteiger partial charge < -0.3 is 10.1 Å². The summed E-state index contributed by atoms with van der Waals surface area (Å²) in [4.78, 5) is 4.19. The number of nitrogens with one attached hydrogen (secondary N) is 1. The second kappa shape index (κ2) is 7.62. The third-order valence-corrected chi connectivity index (χ3v) is 3.50. The average molecular weight is 356 g/mol. The Morgan fingerprint density at radius 3 is 2.95 bits per heavy atom. The highest BCUT2D eigenvalue weighted by Gasteiger charge is 2.05. The van der Waals surface area contributed by atoms with Crippen molar-refractivity contribution < 1.29 is 4.74 Å². The first-order chi connectivity index (χ1) is 9.69. The molecule has 0 bridgehead atoms. The van der Waals surface area contributed by atoms with Gasteiger partial charge in [-0.05, 0) is 36.7 Å². The number of rotatable bonds is 6. The Morgan fingerprint density at radius 1 is 1.35 bits per heavy atom. The molecule has 0 aliphatic rings. The van der Waals surface area contributed by atoms with Crippen molar-refractivity contribution in [2.45, 2.75) is 19.9 Å². The molecule has 0 amide bonds. The Labute approximate surface area is 132 Å². The average Bonchev–Trinajstić information content (AvgIpc) is 2.42. The molecule has 0 aliphatic heterocycles. The minimum atomic E-state index is 0.542. The quantitative estimate of drug-likeness (QED) is 0.757. The van der Waals surface area contributed by atoms with Gasteiger partial charge in [0.05, 0.1) is 5.02 Å². The van der Waals surface area contributed by atoms with Gasteiger partial charge >= 0.3 is 0 Å². The topological polar surface area (TPSA) is 34.1 Å². The zero-order chi connectivity index (χ0) is 14.4. The minimum absolute atomic E-state index is 0.542. The molecule has 0 saturated carbocycles. The Morgan fingerprint density at radius 2 is 2.20 bits per heavy atom. The third kappa shape index (κ3) is 4.47. The van der Waals surface area contributed by atoms with Gasteiger partial charge in [0.15, 0.2) is 0 Å². The summed E-state index contributed by atoms with van der Waals surface area (Å²) < 4.78 is 6.70. The van der Waals surface area contributed by atoms with Gasteiger partial charge in [0, 0.05) is 23.3 Å². The van der Waals surface area contributed by atoms with Crippen LogP contribution < -0.4 is 10.1 Å². The highest BCUT2D eigenvalue weighted by atomic mass is 79.9. The molecule has 0 radical (unpaired) electrons. The SMILES string of the molecule is CCCNCc1cc(Oc2cccc(Br)c2)ncc1Cl. The molecule has 5 heteroatoms. The van der Waals surface area contributed by atoms with Crippen molar-refractivity contribution in [2.75, 3.05) is 6.54 Å². The van der Waals surface area contributed by atoms with Crippen LogP contribution >= 0.6 is 27.5 Å². The van der Waals surface area contributed by atoms with Crippen LogP contribution in [0.2, 0.25) is 5.02 Å². The maximum absolute atomic E-state index is 6.14. The van der Waals surface area contributed by atoms with E-state index in [0.29, 0.717) is 17.4 Å². The van der Waals surface area contributed by atoms with Crippen LogP contribution in [0.25, 0.3) is 0 Å². The minimum Gasteiger partial charge on any atom is -0.439 e. The van der Waals surface area contributed by atoms with E-state index in [-0.39, 0.29) is 0 Å². The molecule has 106 valence electrons. The van der Waals surface area contributed by atoms with Gasteiger partial charge in [-0.2, -0.15) is 0 Å². The van der Waals surface area contributed by atoms with E-state index in [2.05, 4.69) is 33.2 Å². The lowest BCUT2D eigenvalue weighted by Crippen LogP contribution is -2.14. The second-order valence-electron chi connectivity index (χ2n) is 4.35. The molecule has 2 aromatic rings. The van der Waals surface area contributed by atoms with Crippen LogP contribution in [0, 0.1) is 0 Å². The molecule has 0 fully saturated rings. The smallest absolute Gasteiger partial charge is 0.219 e. The van der Waals surface area contributed by atoms with Gasteiger partial charge in [-0.25, -0.2) is 4.98 Å². The van der Waals surface area contributed by atoms with Crippen LogP contribution in [0.1, 0.15) is 18.9 Å². The van der Waals surface area contributed by atoms with E-state index in [9.17, 15) is 0 Å². The van der Waals surface area contributed by atoms with Crippen LogP contribution in [0.3, 0.4) is 0 Å². The van der Waals surface area contributed by atoms with Crippen molar-refractivity contribution >= 4 is 27.5 Å². The van der Waals surface area contributed by atoms with E-state index in [0.717, 1.165) is 28.8 Å². The number of hydrogen-bond acceptors (Lipinski definition) is 3. The molecular weight excluding hydrogens is 340 g/mol. The molecule has 1 aromatic heterocycles. The standard InChI is InChI=1S/C15H16BrClN2O/c1-2-6-18-9-11-7-15(19-10-14(11)17)20-13-5-3-4-12(16)8-13/h3-5,7-8,10,18H,2,6,9H2,1H3. The zero-order valence-corrected chi connectivity index (χ0v) is 13.5. The van der Waals surface area contributed by atoms with E-state index in [1.54, 1.807) is 6.20 Å². The highest BCUT2D eigenvalue weighted by Crippen LogP contribution is 2.25. The molecule has 1 heterocycles. The molecular formula is C15H16BrClN2O. The lowest BCUT2D eigenvalue weighted by Gasteiger charge is -2.09. The summed E-state index contributed by atoms with van der Waals surface area (Å²) in [6.07, 6.45) is 2.71. The zero-order valence-electron chi connectivity index (χ0n) is 11.2. The number of pyridine rings is 1. The van der Waals surface area contributed by atoms with E-state index < -0.39 is 0 Å². The molecule has 1 aromatic carbocycles. The fraction of sp³-hybridized carbons (Fsp3) is 0.267. The summed E-state index contributed by atoms with van der Waals surface area (Å²) in [6.45, 7) is 3.80. The summed E-state index contributed by atoms with van der Waals surface area (Å²) in [5.41, 5.74) is 0.986. The van der Waals surface area contributed by atoms with Crippen molar-refractivity contribution in [2.24, 2.45) is 0 Å². The van der Waals surface area contributed by atoms with E-state index in [1.165, 1.54) is 0 Å². The number of hydrogen-bond donors (Lipinski definition) is 1. The van der Waals surface area contributed by atoms with Crippen molar-refractivity contribution in [1.82, 2.24) is 10.3 Å². The number of nitrogens with zero attached hydrogens (tertiary/aromatic N) is 1. The molecule has 3 nitrogen and oxygen atoms in total. The molecule has 0 atom stereocenters. The molecule has 0 spiro atoms. The van der Waals surface area contributed by atoms with Crippen LogP contribution in [0.15, 0.2) is 41.0 Å². The predicted octanol–water partition coefficient (Wildman–Crippen LogP) is 4.79. The van der Waals surface area contributed by atoms with Crippen LogP contribution in [0.5, 0.6) is 11.6 Å². The van der Waals surface area contributed by atoms with Crippen molar-refractivity contribution in [3.63, 3.8) is 0 Å². The van der Waals surface area contributed by atoms with Crippen molar-refractivity contribution in [1.29, 1.82) is 0 Å². The Kier molecular flexibility index (Phi) is 5.83. The molecule has 0 unspecified atom stereocenters. The third-order valence-electron chi connectivity index (χ3n) is 2.67. The first-order valence-corrected chi connectivity index (χ1v) is 7.64. The second-order valence-corrected chi connectivity index (χ2v) is 5.67. The Hall–Kier alpha value is -1.10. The summed E-state index contributed by atoms with van der Waals surface area (Å²) in [7, 11) is 0. The van der Waals surface area contributed by atoms with Gasteiger partial charge in [0.2, 0.25) is 5.88 Å². The Balaban J connectivity index is 2.10.